The number of hydrogen-bond donors (Lipinski definition) is 0. The Balaban J connectivity index is 1.36. The van der Waals surface area contributed by atoms with E-state index in [1.54, 1.807) is 6.07 Å². The van der Waals surface area contributed by atoms with Crippen LogP contribution in [0.15, 0.2) is 22.7 Å². The zero-order valence-corrected chi connectivity index (χ0v) is 17.9. The average molecular weight is 442 g/mol. The molecule has 2 aliphatic rings. The molecule has 150 valence electrons. The van der Waals surface area contributed by atoms with Crippen LogP contribution in [-0.2, 0) is 16.1 Å². The summed E-state index contributed by atoms with van der Waals surface area (Å²) in [4.78, 5) is 14.0. The lowest BCUT2D eigenvalue weighted by molar-refractivity contribution is 0.0169. The van der Waals surface area contributed by atoms with Crippen LogP contribution in [0.5, 0.6) is 0 Å². The lowest BCUT2D eigenvalue weighted by Crippen LogP contribution is -2.42. The minimum atomic E-state index is -0.443. The first-order valence-electron chi connectivity index (χ1n) is 9.72. The van der Waals surface area contributed by atoms with Crippen molar-refractivity contribution in [2.45, 2.75) is 52.2 Å². The molecule has 1 aliphatic carbocycles. The number of nitrogens with zero attached hydrogens (tertiary/aromatic N) is 1. The monoisotopic (exact) mass is 441 g/mol. The highest BCUT2D eigenvalue weighted by atomic mass is 79.9. The van der Waals surface area contributed by atoms with Gasteiger partial charge in [0.25, 0.3) is 0 Å². The summed E-state index contributed by atoms with van der Waals surface area (Å²) in [6, 6.07) is 5.06. The van der Waals surface area contributed by atoms with E-state index in [1.807, 2.05) is 31.7 Å². The predicted molar refractivity (Wildman–Crippen MR) is 106 cm³/mol. The molecule has 4 nitrogen and oxygen atoms in total. The molecule has 0 N–H and O–H groups in total. The molecule has 6 heteroatoms. The molecule has 1 saturated heterocycles. The van der Waals surface area contributed by atoms with Crippen LogP contribution in [0, 0.1) is 23.6 Å². The zero-order valence-electron chi connectivity index (χ0n) is 16.3. The molecular weight excluding hydrogens is 413 g/mol. The van der Waals surface area contributed by atoms with Crippen molar-refractivity contribution in [3.8, 4) is 0 Å². The van der Waals surface area contributed by atoms with Gasteiger partial charge in [-0.15, -0.1) is 0 Å². The summed E-state index contributed by atoms with van der Waals surface area (Å²) in [6.07, 6.45) is 3.04. The first kappa shape index (κ1) is 20.6. The number of carbonyl (C=O) groups excluding carboxylic acids is 1. The van der Waals surface area contributed by atoms with Gasteiger partial charge in [-0.25, -0.2) is 9.18 Å². The molecule has 1 aromatic rings. The summed E-state index contributed by atoms with van der Waals surface area (Å²) in [5.41, 5.74) is 0.155. The molecule has 1 aromatic carbocycles. The topological polar surface area (TPSA) is 38.8 Å². The largest absolute Gasteiger partial charge is 0.444 e. The van der Waals surface area contributed by atoms with Crippen molar-refractivity contribution in [3.05, 3.63) is 34.1 Å². The Bertz CT molecular complexity index is 668. The third-order valence-electron chi connectivity index (χ3n) is 5.38. The quantitative estimate of drug-likeness (QED) is 0.614. The standard InChI is InChI=1S/C21H29BrFNO3/c1-21(2,3)27-20(25)24-8-6-14(7-9-24)18-10-16(18)13-26-12-15-4-5-17(22)11-19(15)23/h4-5,11,14,16,18H,6-10,12-13H2,1-3H3/t16-,18+/m0/s1. The van der Waals surface area contributed by atoms with Gasteiger partial charge in [0.15, 0.2) is 0 Å². The highest BCUT2D eigenvalue weighted by Gasteiger charge is 2.44. The molecule has 0 spiro atoms. The summed E-state index contributed by atoms with van der Waals surface area (Å²) in [7, 11) is 0. The molecule has 0 unspecified atom stereocenters. The molecule has 1 heterocycles. The van der Waals surface area contributed by atoms with Crippen molar-refractivity contribution in [1.29, 1.82) is 0 Å². The maximum atomic E-state index is 13.8. The Labute approximate surface area is 169 Å². The lowest BCUT2D eigenvalue weighted by atomic mass is 9.91. The van der Waals surface area contributed by atoms with Crippen LogP contribution in [0.4, 0.5) is 9.18 Å². The van der Waals surface area contributed by atoms with Crippen molar-refractivity contribution >= 4 is 22.0 Å². The number of amides is 1. The van der Waals surface area contributed by atoms with Crippen LogP contribution in [-0.4, -0.2) is 36.3 Å². The summed E-state index contributed by atoms with van der Waals surface area (Å²) >= 11 is 3.26. The summed E-state index contributed by atoms with van der Waals surface area (Å²) in [5, 5.41) is 0. The average Bonchev–Trinajstić information content (AvgIpc) is 3.35. The predicted octanol–water partition coefficient (Wildman–Crippen LogP) is 5.39. The number of rotatable bonds is 5. The fourth-order valence-corrected chi connectivity index (χ4v) is 4.17. The molecule has 0 radical (unpaired) electrons. The van der Waals surface area contributed by atoms with Crippen LogP contribution in [0.25, 0.3) is 0 Å². The number of likely N-dealkylation sites (tertiary alicyclic amines) is 1. The SMILES string of the molecule is CC(C)(C)OC(=O)N1CCC([C@H]2C[C@H]2COCc2ccc(Br)cc2F)CC1. The van der Waals surface area contributed by atoms with Gasteiger partial charge in [0.05, 0.1) is 13.2 Å². The van der Waals surface area contributed by atoms with Gasteiger partial charge in [-0.05, 0) is 69.9 Å². The summed E-state index contributed by atoms with van der Waals surface area (Å²) in [6.45, 7) is 8.24. The smallest absolute Gasteiger partial charge is 0.410 e. The number of ether oxygens (including phenoxy) is 2. The molecule has 2 fully saturated rings. The van der Waals surface area contributed by atoms with Crippen molar-refractivity contribution in [2.24, 2.45) is 17.8 Å². The lowest BCUT2D eigenvalue weighted by Gasteiger charge is -2.33. The second-order valence-corrected chi connectivity index (χ2v) is 9.63. The van der Waals surface area contributed by atoms with Gasteiger partial charge in [0, 0.05) is 23.1 Å². The Morgan fingerprint density at radius 1 is 1.30 bits per heavy atom. The van der Waals surface area contributed by atoms with E-state index in [0.29, 0.717) is 36.5 Å². The van der Waals surface area contributed by atoms with E-state index in [-0.39, 0.29) is 11.9 Å². The molecule has 1 amide bonds. The van der Waals surface area contributed by atoms with E-state index in [0.717, 1.165) is 30.4 Å². The van der Waals surface area contributed by atoms with Gasteiger partial charge in [0.1, 0.15) is 11.4 Å². The van der Waals surface area contributed by atoms with Gasteiger partial charge in [-0.1, -0.05) is 22.0 Å². The van der Waals surface area contributed by atoms with Crippen molar-refractivity contribution in [2.75, 3.05) is 19.7 Å². The van der Waals surface area contributed by atoms with Crippen LogP contribution in [0.1, 0.15) is 45.6 Å². The summed E-state index contributed by atoms with van der Waals surface area (Å²) < 4.78 is 25.8. The molecule has 1 aliphatic heterocycles. The number of halogens is 2. The Kier molecular flexibility index (Phi) is 6.46. The van der Waals surface area contributed by atoms with Gasteiger partial charge >= 0.3 is 6.09 Å². The molecule has 2 atom stereocenters. The maximum absolute atomic E-state index is 13.8. The molecule has 0 aromatic heterocycles. The third kappa shape index (κ3) is 5.92. The third-order valence-corrected chi connectivity index (χ3v) is 5.87. The molecule has 27 heavy (non-hydrogen) atoms. The molecule has 3 rings (SSSR count). The minimum absolute atomic E-state index is 0.201. The highest BCUT2D eigenvalue weighted by Crippen LogP contribution is 2.48. The summed E-state index contributed by atoms with van der Waals surface area (Å²) in [5.74, 6) is 1.68. The van der Waals surface area contributed by atoms with E-state index in [2.05, 4.69) is 15.9 Å². The van der Waals surface area contributed by atoms with Gasteiger partial charge < -0.3 is 14.4 Å². The highest BCUT2D eigenvalue weighted by molar-refractivity contribution is 9.10. The first-order chi connectivity index (χ1) is 12.7. The number of hydrogen-bond acceptors (Lipinski definition) is 3. The Hall–Kier alpha value is -1.14. The normalized spacial score (nSPS) is 23.4. The number of carbonyl (C=O) groups is 1. The van der Waals surface area contributed by atoms with E-state index in [4.69, 9.17) is 9.47 Å². The van der Waals surface area contributed by atoms with Crippen LogP contribution in [0.2, 0.25) is 0 Å². The Morgan fingerprint density at radius 2 is 2.00 bits per heavy atom. The number of benzene rings is 1. The van der Waals surface area contributed by atoms with Gasteiger partial charge in [-0.2, -0.15) is 0 Å². The van der Waals surface area contributed by atoms with E-state index >= 15 is 0 Å². The molecular formula is C21H29BrFNO3. The van der Waals surface area contributed by atoms with Crippen LogP contribution >= 0.6 is 15.9 Å². The van der Waals surface area contributed by atoms with Crippen molar-refractivity contribution in [3.63, 3.8) is 0 Å². The molecule has 1 saturated carbocycles. The zero-order chi connectivity index (χ0) is 19.6. The fraction of sp³-hybridized carbons (Fsp3) is 0.667. The number of piperidine rings is 1. The van der Waals surface area contributed by atoms with Gasteiger partial charge in [0.2, 0.25) is 0 Å². The minimum Gasteiger partial charge on any atom is -0.444 e. The van der Waals surface area contributed by atoms with Gasteiger partial charge in [-0.3, -0.25) is 0 Å². The second-order valence-electron chi connectivity index (χ2n) is 8.72. The maximum Gasteiger partial charge on any atom is 0.410 e. The van der Waals surface area contributed by atoms with Crippen LogP contribution in [0.3, 0.4) is 0 Å². The second kappa shape index (κ2) is 8.48. The first-order valence-corrected chi connectivity index (χ1v) is 10.5. The van der Waals surface area contributed by atoms with E-state index < -0.39 is 5.60 Å². The van der Waals surface area contributed by atoms with Crippen molar-refractivity contribution in [1.82, 2.24) is 4.90 Å². The molecule has 0 bridgehead atoms. The fourth-order valence-electron chi connectivity index (χ4n) is 3.84. The van der Waals surface area contributed by atoms with E-state index in [9.17, 15) is 9.18 Å². The van der Waals surface area contributed by atoms with E-state index in [1.165, 1.54) is 12.5 Å². The van der Waals surface area contributed by atoms with Crippen molar-refractivity contribution < 1.29 is 18.7 Å². The van der Waals surface area contributed by atoms with Crippen LogP contribution < -0.4 is 0 Å². The Morgan fingerprint density at radius 3 is 2.63 bits per heavy atom.